The normalized spacial score (nSPS) is 19.3. The van der Waals surface area contributed by atoms with Crippen molar-refractivity contribution < 1.29 is 14.3 Å². The Balaban J connectivity index is 1.22. The number of hydrogen-bond acceptors (Lipinski definition) is 9. The Morgan fingerprint density at radius 3 is 2.62 bits per heavy atom. The fourth-order valence-electron chi connectivity index (χ4n) is 4.75. The van der Waals surface area contributed by atoms with E-state index in [2.05, 4.69) is 42.8 Å². The number of carbonyl (C=O) groups excluding carboxylic acids is 2. The van der Waals surface area contributed by atoms with E-state index in [9.17, 15) is 9.59 Å². The Bertz CT molecular complexity index is 1210. The number of hydrogen-bond donors (Lipinski definition) is 3. The van der Waals surface area contributed by atoms with Crippen LogP contribution < -0.4 is 20.7 Å². The number of nitrogens with one attached hydrogen (secondary N) is 3. The van der Waals surface area contributed by atoms with E-state index in [0.29, 0.717) is 17.5 Å². The van der Waals surface area contributed by atoms with Crippen molar-refractivity contribution in [1.82, 2.24) is 25.2 Å². The van der Waals surface area contributed by atoms with Gasteiger partial charge in [0.2, 0.25) is 5.88 Å². The minimum Gasteiger partial charge on any atom is -0.466 e. The van der Waals surface area contributed by atoms with Crippen LogP contribution >= 0.6 is 11.3 Å². The lowest BCUT2D eigenvalue weighted by Gasteiger charge is -2.32. The first-order chi connectivity index (χ1) is 18.0. The van der Waals surface area contributed by atoms with Gasteiger partial charge in [0, 0.05) is 47.8 Å². The maximum absolute atomic E-state index is 13.5. The molecule has 2 amide bonds. The molecule has 0 radical (unpaired) electrons. The zero-order valence-electron chi connectivity index (χ0n) is 20.7. The fourth-order valence-corrected chi connectivity index (χ4v) is 5.51. The number of pyridine rings is 2. The van der Waals surface area contributed by atoms with Crippen LogP contribution in [-0.2, 0) is 4.79 Å². The van der Waals surface area contributed by atoms with E-state index in [1.165, 1.54) is 11.3 Å². The number of aromatic nitrogens is 3. The minimum atomic E-state index is -0.554. The van der Waals surface area contributed by atoms with Gasteiger partial charge >= 0.3 is 6.03 Å². The molecule has 5 heterocycles. The molecule has 5 rings (SSSR count). The molecule has 2 aliphatic heterocycles. The van der Waals surface area contributed by atoms with Crippen LogP contribution in [0.5, 0.6) is 5.88 Å². The van der Waals surface area contributed by atoms with Crippen molar-refractivity contribution in [2.45, 2.75) is 25.4 Å². The highest BCUT2D eigenvalue weighted by atomic mass is 32.1. The summed E-state index contributed by atoms with van der Waals surface area (Å²) in [7, 11) is 2.09. The molecule has 0 aliphatic carbocycles. The van der Waals surface area contributed by atoms with Crippen LogP contribution in [0.3, 0.4) is 0 Å². The summed E-state index contributed by atoms with van der Waals surface area (Å²) in [5, 5.41) is 11.4. The van der Waals surface area contributed by atoms with E-state index in [0.717, 1.165) is 56.0 Å². The number of urea groups is 1. The van der Waals surface area contributed by atoms with E-state index < -0.39 is 12.1 Å². The molecule has 0 spiro atoms. The molecule has 37 heavy (non-hydrogen) atoms. The summed E-state index contributed by atoms with van der Waals surface area (Å²) in [5.74, 6) is 1.36. The number of thiazole rings is 1. The maximum atomic E-state index is 13.5. The number of rotatable bonds is 8. The summed E-state index contributed by atoms with van der Waals surface area (Å²) in [6.45, 7) is 3.46. The molecule has 2 fully saturated rings. The highest BCUT2D eigenvalue weighted by Crippen LogP contribution is 2.28. The molecule has 2 atom stereocenters. The number of ether oxygens (including phenoxy) is 1. The quantitative estimate of drug-likeness (QED) is 0.412. The third kappa shape index (κ3) is 6.48. The predicted molar refractivity (Wildman–Crippen MR) is 143 cm³/mol. The molecule has 0 saturated carbocycles. The van der Waals surface area contributed by atoms with Crippen LogP contribution in [0.15, 0.2) is 48.1 Å². The predicted octanol–water partition coefficient (Wildman–Crippen LogP) is 3.51. The monoisotopic (exact) mass is 521 g/mol. The average Bonchev–Trinajstić information content (AvgIpc) is 3.61. The second-order valence-electron chi connectivity index (χ2n) is 9.49. The van der Waals surface area contributed by atoms with Crippen molar-refractivity contribution in [3.8, 4) is 16.5 Å². The Kier molecular flexibility index (Phi) is 8.02. The second-order valence-corrected chi connectivity index (χ2v) is 10.3. The highest BCUT2D eigenvalue weighted by molar-refractivity contribution is 7.13. The van der Waals surface area contributed by atoms with E-state index in [-0.39, 0.29) is 17.6 Å². The van der Waals surface area contributed by atoms with Crippen LogP contribution in [0.4, 0.5) is 16.4 Å². The summed E-state index contributed by atoms with van der Waals surface area (Å²) < 4.78 is 6.23. The van der Waals surface area contributed by atoms with Crippen molar-refractivity contribution in [2.24, 2.45) is 11.8 Å². The molecule has 3 N–H and O–H groups in total. The summed E-state index contributed by atoms with van der Waals surface area (Å²) in [6.07, 6.45) is 5.44. The summed E-state index contributed by atoms with van der Waals surface area (Å²) >= 11 is 1.43. The van der Waals surface area contributed by atoms with Crippen molar-refractivity contribution in [2.75, 3.05) is 43.9 Å². The van der Waals surface area contributed by atoms with Gasteiger partial charge in [-0.25, -0.2) is 9.78 Å². The average molecular weight is 522 g/mol. The molecule has 2 saturated heterocycles. The Hall–Kier alpha value is -3.41. The molecule has 3 aromatic heterocycles. The van der Waals surface area contributed by atoms with Crippen LogP contribution in [0.2, 0.25) is 0 Å². The van der Waals surface area contributed by atoms with Crippen molar-refractivity contribution >= 4 is 34.8 Å². The van der Waals surface area contributed by atoms with E-state index in [1.54, 1.807) is 36.0 Å². The topological polar surface area (TPSA) is 121 Å². The zero-order chi connectivity index (χ0) is 25.6. The number of nitrogens with zero attached hydrogens (tertiary/aromatic N) is 4. The molecule has 0 bridgehead atoms. The Labute approximate surface area is 219 Å². The lowest BCUT2D eigenvalue weighted by atomic mass is 9.85. The van der Waals surface area contributed by atoms with E-state index in [1.807, 2.05) is 12.1 Å². The van der Waals surface area contributed by atoms with Gasteiger partial charge in [-0.05, 0) is 64.1 Å². The highest BCUT2D eigenvalue weighted by Gasteiger charge is 2.37. The van der Waals surface area contributed by atoms with Crippen LogP contribution in [0, 0.1) is 11.8 Å². The number of carbonyl (C=O) groups is 2. The number of Topliss-reactive ketones (excluding diaryl/α,β-unsaturated/α-hetero) is 1. The molecule has 11 heteroatoms. The van der Waals surface area contributed by atoms with Gasteiger partial charge in [0.05, 0.1) is 0 Å². The van der Waals surface area contributed by atoms with Crippen LogP contribution in [0.25, 0.3) is 10.6 Å². The van der Waals surface area contributed by atoms with Gasteiger partial charge < -0.3 is 15.0 Å². The second kappa shape index (κ2) is 11.8. The number of anilines is 2. The number of likely N-dealkylation sites (tertiary alicyclic amines) is 1. The van der Waals surface area contributed by atoms with Gasteiger partial charge in [-0.15, -0.1) is 11.3 Å². The molecular weight excluding hydrogens is 490 g/mol. The first kappa shape index (κ1) is 25.2. The van der Waals surface area contributed by atoms with E-state index >= 15 is 0 Å². The molecule has 2 aliphatic rings. The van der Waals surface area contributed by atoms with Gasteiger partial charge in [-0.1, -0.05) is 6.07 Å². The van der Waals surface area contributed by atoms with Gasteiger partial charge in [-0.3, -0.25) is 20.4 Å². The maximum Gasteiger partial charge on any atom is 0.326 e. The Morgan fingerprint density at radius 2 is 1.86 bits per heavy atom. The van der Waals surface area contributed by atoms with Gasteiger partial charge in [0.1, 0.15) is 16.6 Å². The Morgan fingerprint density at radius 1 is 1.08 bits per heavy atom. The van der Waals surface area contributed by atoms with Crippen molar-refractivity contribution in [1.29, 1.82) is 0 Å². The lowest BCUT2D eigenvalue weighted by Crippen LogP contribution is -2.44. The van der Waals surface area contributed by atoms with Gasteiger partial charge in [0.15, 0.2) is 11.9 Å². The van der Waals surface area contributed by atoms with Crippen LogP contribution in [0.1, 0.15) is 19.3 Å². The first-order valence-corrected chi connectivity index (χ1v) is 13.4. The lowest BCUT2D eigenvalue weighted by molar-refractivity contribution is -0.133. The summed E-state index contributed by atoms with van der Waals surface area (Å²) in [4.78, 5) is 41.3. The van der Waals surface area contributed by atoms with Crippen molar-refractivity contribution in [3.05, 3.63) is 48.1 Å². The van der Waals surface area contributed by atoms with Crippen LogP contribution in [-0.4, -0.2) is 71.0 Å². The molecule has 194 valence electrons. The van der Waals surface area contributed by atoms with Gasteiger partial charge in [-0.2, -0.15) is 4.98 Å². The first-order valence-electron chi connectivity index (χ1n) is 12.6. The smallest absolute Gasteiger partial charge is 0.326 e. The number of ketones is 1. The van der Waals surface area contributed by atoms with Crippen molar-refractivity contribution in [3.63, 3.8) is 0 Å². The molecule has 3 aromatic rings. The summed E-state index contributed by atoms with van der Waals surface area (Å²) in [6, 6.07) is 8.43. The SMILES string of the molecule is CN1CCC(C(=O)C(Oc2cccc(NC(=O)Nc3csc(-c4ccncc4)n3)n2)C2CCNC2)CC1. The fraction of sp³-hybridized carbons (Fsp3) is 0.423. The third-order valence-corrected chi connectivity index (χ3v) is 7.71. The number of amides is 2. The number of piperidine rings is 1. The molecule has 10 nitrogen and oxygen atoms in total. The third-order valence-electron chi connectivity index (χ3n) is 6.81. The largest absolute Gasteiger partial charge is 0.466 e. The summed E-state index contributed by atoms with van der Waals surface area (Å²) in [5.41, 5.74) is 0.932. The zero-order valence-corrected chi connectivity index (χ0v) is 21.5. The molecule has 0 aromatic carbocycles. The molecular formula is C26H31N7O3S. The standard InChI is InChI=1S/C26H31N7O3S/c1-33-13-8-17(9-14-33)23(34)24(19-7-12-28-15-19)36-22-4-2-3-20(29-22)31-26(35)32-21-16-37-25(30-21)18-5-10-27-11-6-18/h2-6,10-11,16-17,19,24,28H,7-9,12-15H2,1H3,(H2,29,31,32,35). The molecule has 2 unspecified atom stereocenters. The van der Waals surface area contributed by atoms with E-state index in [4.69, 9.17) is 4.74 Å². The van der Waals surface area contributed by atoms with Gasteiger partial charge in [0.25, 0.3) is 0 Å². The minimum absolute atomic E-state index is 0.00374.